The Balaban J connectivity index is 1.17. The van der Waals surface area contributed by atoms with Crippen LogP contribution in [0.4, 0.5) is 17.1 Å². The summed E-state index contributed by atoms with van der Waals surface area (Å²) in [6.07, 6.45) is 1.89. The van der Waals surface area contributed by atoms with Crippen molar-refractivity contribution in [1.82, 2.24) is 4.98 Å². The minimum Gasteiger partial charge on any atom is -0.310 e. The summed E-state index contributed by atoms with van der Waals surface area (Å²) in [5, 5.41) is 3.54. The van der Waals surface area contributed by atoms with Gasteiger partial charge >= 0.3 is 0 Å². The van der Waals surface area contributed by atoms with E-state index in [1.54, 1.807) is 0 Å². The zero-order valence-corrected chi connectivity index (χ0v) is 27.1. The highest BCUT2D eigenvalue weighted by molar-refractivity contribution is 6.12. The van der Waals surface area contributed by atoms with E-state index in [4.69, 9.17) is 4.98 Å². The number of hydrogen-bond acceptors (Lipinski definition) is 2. The highest BCUT2D eigenvalue weighted by Crippen LogP contribution is 2.50. The van der Waals surface area contributed by atoms with Crippen molar-refractivity contribution in [3.63, 3.8) is 0 Å². The van der Waals surface area contributed by atoms with Crippen molar-refractivity contribution in [3.05, 3.63) is 181 Å². The maximum Gasteiger partial charge on any atom is 0.0786 e. The van der Waals surface area contributed by atoms with Gasteiger partial charge in [0.2, 0.25) is 0 Å². The van der Waals surface area contributed by atoms with Gasteiger partial charge in [-0.15, -0.1) is 0 Å². The quantitative estimate of drug-likeness (QED) is 0.179. The summed E-state index contributed by atoms with van der Waals surface area (Å²) >= 11 is 0. The van der Waals surface area contributed by atoms with Crippen LogP contribution < -0.4 is 4.90 Å². The number of nitrogens with zero attached hydrogens (tertiary/aromatic N) is 2. The number of pyridine rings is 1. The third-order valence-electron chi connectivity index (χ3n) is 10.1. The van der Waals surface area contributed by atoms with E-state index < -0.39 is 0 Å². The Hall–Kier alpha value is -5.99. The van der Waals surface area contributed by atoms with Gasteiger partial charge in [0, 0.05) is 39.4 Å². The van der Waals surface area contributed by atoms with E-state index >= 15 is 0 Å². The van der Waals surface area contributed by atoms with Crippen molar-refractivity contribution in [3.8, 4) is 33.4 Å². The second kappa shape index (κ2) is 11.1. The first-order valence-electron chi connectivity index (χ1n) is 16.6. The third-order valence-corrected chi connectivity index (χ3v) is 10.1. The average Bonchev–Trinajstić information content (AvgIpc) is 3.38. The molecule has 2 nitrogen and oxygen atoms in total. The minimum absolute atomic E-state index is 0.0835. The molecule has 1 aromatic heterocycles. The molecule has 0 amide bonds. The summed E-state index contributed by atoms with van der Waals surface area (Å²) in [4.78, 5) is 7.18. The fourth-order valence-corrected chi connectivity index (χ4v) is 7.66. The lowest BCUT2D eigenvalue weighted by Gasteiger charge is -2.28. The van der Waals surface area contributed by atoms with Gasteiger partial charge in [-0.1, -0.05) is 135 Å². The fourth-order valence-electron chi connectivity index (χ4n) is 7.66. The standard InChI is InChI=1S/C46H34N2/c1-46(2)42-16-7-6-14-40(42)41-28-27-38(30-43(41)46)48(36-23-19-32(20-24-36)31-10-4-3-5-11-31)37-25-21-33(22-26-37)39-15-8-12-34-17-18-35-13-9-29-47-45(35)44(34)39/h3-30H,1-2H3. The maximum atomic E-state index is 4.80. The van der Waals surface area contributed by atoms with E-state index in [0.717, 1.165) is 28.0 Å². The number of rotatable bonds is 5. The number of fused-ring (bicyclic) bond motifs is 6. The molecule has 1 heterocycles. The van der Waals surface area contributed by atoms with Gasteiger partial charge in [0.05, 0.1) is 5.52 Å². The molecule has 1 aliphatic carbocycles. The zero-order chi connectivity index (χ0) is 32.2. The van der Waals surface area contributed by atoms with Crippen molar-refractivity contribution in [1.29, 1.82) is 0 Å². The van der Waals surface area contributed by atoms with E-state index in [-0.39, 0.29) is 5.41 Å². The smallest absolute Gasteiger partial charge is 0.0786 e. The average molecular weight is 615 g/mol. The largest absolute Gasteiger partial charge is 0.310 e. The van der Waals surface area contributed by atoms with Crippen molar-refractivity contribution in [2.24, 2.45) is 0 Å². The Labute approximate surface area is 281 Å². The van der Waals surface area contributed by atoms with Crippen molar-refractivity contribution in [2.45, 2.75) is 19.3 Å². The molecular weight excluding hydrogens is 581 g/mol. The normalized spacial score (nSPS) is 13.0. The SMILES string of the molecule is CC1(C)c2ccccc2-c2ccc(N(c3ccc(-c4ccccc4)cc3)c3ccc(-c4cccc5ccc6cccnc6c45)cc3)cc21. The van der Waals surface area contributed by atoms with Crippen molar-refractivity contribution >= 4 is 38.7 Å². The van der Waals surface area contributed by atoms with Crippen LogP contribution in [0.25, 0.3) is 55.1 Å². The Bertz CT molecular complexity index is 2460. The van der Waals surface area contributed by atoms with Gasteiger partial charge in [-0.25, -0.2) is 0 Å². The van der Waals surface area contributed by atoms with Crippen molar-refractivity contribution < 1.29 is 0 Å². The topological polar surface area (TPSA) is 16.1 Å². The molecule has 9 rings (SSSR count). The molecule has 0 aliphatic heterocycles. The van der Waals surface area contributed by atoms with E-state index in [0.29, 0.717) is 0 Å². The Morgan fingerprint density at radius 1 is 0.438 bits per heavy atom. The monoisotopic (exact) mass is 614 g/mol. The predicted octanol–water partition coefficient (Wildman–Crippen LogP) is 12.5. The number of benzene rings is 7. The van der Waals surface area contributed by atoms with Crippen LogP contribution in [-0.4, -0.2) is 4.98 Å². The predicted molar refractivity (Wildman–Crippen MR) is 202 cm³/mol. The minimum atomic E-state index is -0.0835. The number of anilines is 3. The van der Waals surface area contributed by atoms with Gasteiger partial charge in [0.15, 0.2) is 0 Å². The second-order valence-electron chi connectivity index (χ2n) is 13.2. The number of aromatic nitrogens is 1. The fraction of sp³-hybridized carbons (Fsp3) is 0.0652. The molecule has 0 saturated heterocycles. The van der Waals surface area contributed by atoms with E-state index in [2.05, 4.69) is 176 Å². The van der Waals surface area contributed by atoms with Gasteiger partial charge in [-0.05, 0) is 92.4 Å². The first-order valence-corrected chi connectivity index (χ1v) is 16.6. The molecule has 2 heteroatoms. The summed E-state index contributed by atoms with van der Waals surface area (Å²) in [5.74, 6) is 0. The van der Waals surface area contributed by atoms with Gasteiger partial charge in [-0.3, -0.25) is 4.98 Å². The van der Waals surface area contributed by atoms with Crippen LogP contribution in [0.15, 0.2) is 170 Å². The summed E-state index contributed by atoms with van der Waals surface area (Å²) in [5.41, 5.74) is 14.5. The van der Waals surface area contributed by atoms with E-state index in [1.165, 1.54) is 55.3 Å². The number of hydrogen-bond donors (Lipinski definition) is 0. The first-order chi connectivity index (χ1) is 23.6. The van der Waals surface area contributed by atoms with E-state index in [9.17, 15) is 0 Å². The highest BCUT2D eigenvalue weighted by atomic mass is 15.1. The molecule has 7 aromatic carbocycles. The molecule has 8 aromatic rings. The van der Waals surface area contributed by atoms with Gasteiger partial charge < -0.3 is 4.90 Å². The Morgan fingerprint density at radius 3 is 1.83 bits per heavy atom. The molecule has 1 aliphatic rings. The van der Waals surface area contributed by atoms with Gasteiger partial charge in [-0.2, -0.15) is 0 Å². The molecule has 0 saturated carbocycles. The van der Waals surface area contributed by atoms with Crippen LogP contribution in [0, 0.1) is 0 Å². The van der Waals surface area contributed by atoms with Crippen LogP contribution in [0.5, 0.6) is 0 Å². The molecular formula is C46H34N2. The maximum absolute atomic E-state index is 4.80. The lowest BCUT2D eigenvalue weighted by Crippen LogP contribution is -2.16. The molecule has 0 radical (unpaired) electrons. The molecule has 48 heavy (non-hydrogen) atoms. The Morgan fingerprint density at radius 2 is 1.04 bits per heavy atom. The molecule has 0 spiro atoms. The zero-order valence-electron chi connectivity index (χ0n) is 27.1. The summed E-state index contributed by atoms with van der Waals surface area (Å²) < 4.78 is 0. The lowest BCUT2D eigenvalue weighted by molar-refractivity contribution is 0.660. The lowest BCUT2D eigenvalue weighted by atomic mass is 9.82. The molecule has 0 bridgehead atoms. The van der Waals surface area contributed by atoms with Crippen molar-refractivity contribution in [2.75, 3.05) is 4.90 Å². The summed E-state index contributed by atoms with van der Waals surface area (Å²) in [6, 6.07) is 59.4. The summed E-state index contributed by atoms with van der Waals surface area (Å²) in [6.45, 7) is 4.69. The van der Waals surface area contributed by atoms with Crippen LogP contribution in [0.1, 0.15) is 25.0 Å². The second-order valence-corrected chi connectivity index (χ2v) is 13.2. The third kappa shape index (κ3) is 4.52. The van der Waals surface area contributed by atoms with Crippen LogP contribution in [-0.2, 0) is 5.41 Å². The molecule has 0 unspecified atom stereocenters. The summed E-state index contributed by atoms with van der Waals surface area (Å²) in [7, 11) is 0. The molecule has 0 fully saturated rings. The van der Waals surface area contributed by atoms with Crippen LogP contribution in [0.3, 0.4) is 0 Å². The van der Waals surface area contributed by atoms with Gasteiger partial charge in [0.1, 0.15) is 0 Å². The Kier molecular flexibility index (Phi) is 6.51. The molecule has 0 N–H and O–H groups in total. The van der Waals surface area contributed by atoms with E-state index in [1.807, 2.05) is 12.3 Å². The van der Waals surface area contributed by atoms with Gasteiger partial charge in [0.25, 0.3) is 0 Å². The highest BCUT2D eigenvalue weighted by Gasteiger charge is 2.35. The first kappa shape index (κ1) is 28.3. The van der Waals surface area contributed by atoms with Crippen LogP contribution >= 0.6 is 0 Å². The molecule has 0 atom stereocenters. The molecule has 228 valence electrons. The van der Waals surface area contributed by atoms with Crippen LogP contribution in [0.2, 0.25) is 0 Å².